The second-order valence-corrected chi connectivity index (χ2v) is 10.7. The second kappa shape index (κ2) is 10.3. The fourth-order valence-corrected chi connectivity index (χ4v) is 6.69. The third-order valence-electron chi connectivity index (χ3n) is 8.76. The molecule has 0 atom stereocenters. The Labute approximate surface area is 224 Å². The molecule has 2 N–H and O–H groups in total. The lowest BCUT2D eigenvalue weighted by Gasteiger charge is -2.28. The van der Waals surface area contributed by atoms with E-state index in [0.29, 0.717) is 11.8 Å². The summed E-state index contributed by atoms with van der Waals surface area (Å²) in [6, 6.07) is 12.7. The predicted molar refractivity (Wildman–Crippen MR) is 157 cm³/mol. The summed E-state index contributed by atoms with van der Waals surface area (Å²) < 4.78 is 11.0. The van der Waals surface area contributed by atoms with E-state index in [-0.39, 0.29) is 0 Å². The number of fused-ring (bicyclic) bond motifs is 6. The van der Waals surface area contributed by atoms with Crippen LogP contribution in [0.3, 0.4) is 0 Å². The lowest BCUT2D eigenvalue weighted by molar-refractivity contribution is 0.329. The quantitative estimate of drug-likeness (QED) is 0.257. The monoisotopic (exact) mass is 510 g/mol. The molecule has 6 heteroatoms. The number of methoxy groups -OCH3 is 2. The molecule has 0 saturated heterocycles. The molecular formula is C32H38N4O2. The van der Waals surface area contributed by atoms with Crippen LogP contribution in [0.1, 0.15) is 62.0 Å². The molecule has 198 valence electrons. The van der Waals surface area contributed by atoms with Crippen LogP contribution in [0.15, 0.2) is 46.4 Å². The van der Waals surface area contributed by atoms with Crippen molar-refractivity contribution in [2.24, 2.45) is 21.8 Å². The van der Waals surface area contributed by atoms with Crippen LogP contribution in [0, 0.1) is 11.8 Å². The molecule has 0 radical (unpaired) electrons. The zero-order valence-corrected chi connectivity index (χ0v) is 23.0. The minimum Gasteiger partial charge on any atom is -0.497 e. The highest BCUT2D eigenvalue weighted by Crippen LogP contribution is 2.36. The Bertz CT molecular complexity index is 1430. The third kappa shape index (κ3) is 4.30. The van der Waals surface area contributed by atoms with Gasteiger partial charge in [0.25, 0.3) is 0 Å². The van der Waals surface area contributed by atoms with Crippen molar-refractivity contribution in [3.63, 3.8) is 0 Å². The first-order valence-electron chi connectivity index (χ1n) is 14.1. The van der Waals surface area contributed by atoms with Crippen LogP contribution < -0.4 is 9.47 Å². The molecule has 0 spiro atoms. The van der Waals surface area contributed by atoms with E-state index < -0.39 is 0 Å². The predicted octanol–water partition coefficient (Wildman–Crippen LogP) is 6.89. The van der Waals surface area contributed by atoms with Gasteiger partial charge in [0.2, 0.25) is 0 Å². The molecule has 6 rings (SSSR count). The standard InChI is InChI=1S/C32H38N4O2/c1-5-19(6-2)20(15-29-31-25(11-13-33-29)23-9-7-21(37-3)17-27(23)35-31)16-30-32-26(12-14-34-30)24-10-8-22(38-4)18-28(24)36-32/h7-10,17-20,35-36H,5-6,11-16H2,1-4H3. The fraction of sp³-hybridized carbons (Fsp3) is 0.438. The summed E-state index contributed by atoms with van der Waals surface area (Å²) in [5.41, 5.74) is 9.96. The first-order chi connectivity index (χ1) is 18.6. The van der Waals surface area contributed by atoms with Crippen LogP contribution in [0.25, 0.3) is 21.8 Å². The van der Waals surface area contributed by atoms with Gasteiger partial charge in [-0.1, -0.05) is 26.7 Å². The first kappa shape index (κ1) is 24.8. The molecule has 0 bridgehead atoms. The molecule has 2 aromatic heterocycles. The lowest BCUT2D eigenvalue weighted by atomic mass is 9.78. The minimum atomic E-state index is 0.473. The summed E-state index contributed by atoms with van der Waals surface area (Å²) in [6.07, 6.45) is 6.21. The number of nitrogens with zero attached hydrogens (tertiary/aromatic N) is 2. The van der Waals surface area contributed by atoms with Crippen LogP contribution in [0.5, 0.6) is 11.5 Å². The number of rotatable bonds is 9. The van der Waals surface area contributed by atoms with E-state index in [1.54, 1.807) is 14.2 Å². The summed E-state index contributed by atoms with van der Waals surface area (Å²) >= 11 is 0. The van der Waals surface area contributed by atoms with Crippen molar-refractivity contribution in [2.45, 2.75) is 52.4 Å². The normalized spacial score (nSPS) is 15.1. The zero-order valence-electron chi connectivity index (χ0n) is 23.0. The van der Waals surface area contributed by atoms with Crippen LogP contribution in [-0.2, 0) is 12.8 Å². The Morgan fingerprint density at radius 2 is 1.18 bits per heavy atom. The van der Waals surface area contributed by atoms with E-state index in [4.69, 9.17) is 19.5 Å². The Balaban J connectivity index is 1.33. The van der Waals surface area contributed by atoms with Gasteiger partial charge in [-0.3, -0.25) is 9.98 Å². The molecular weight excluding hydrogens is 472 g/mol. The average Bonchev–Trinajstić information content (AvgIpc) is 3.52. The molecule has 0 amide bonds. The molecule has 2 aliphatic heterocycles. The van der Waals surface area contributed by atoms with Gasteiger partial charge < -0.3 is 19.4 Å². The van der Waals surface area contributed by atoms with Crippen LogP contribution >= 0.6 is 0 Å². The van der Waals surface area contributed by atoms with Crippen molar-refractivity contribution in [1.29, 1.82) is 0 Å². The van der Waals surface area contributed by atoms with Gasteiger partial charge in [-0.05, 0) is 72.9 Å². The Morgan fingerprint density at radius 3 is 1.61 bits per heavy atom. The van der Waals surface area contributed by atoms with Gasteiger partial charge in [0.15, 0.2) is 0 Å². The Hall–Kier alpha value is -3.54. The van der Waals surface area contributed by atoms with E-state index in [1.165, 1.54) is 44.7 Å². The van der Waals surface area contributed by atoms with Gasteiger partial charge >= 0.3 is 0 Å². The maximum absolute atomic E-state index is 5.48. The van der Waals surface area contributed by atoms with Crippen molar-refractivity contribution in [3.8, 4) is 11.5 Å². The third-order valence-corrected chi connectivity index (χ3v) is 8.76. The number of H-pyrrole nitrogens is 2. The van der Waals surface area contributed by atoms with E-state index in [1.807, 2.05) is 0 Å². The number of nitrogens with one attached hydrogen (secondary N) is 2. The van der Waals surface area contributed by atoms with E-state index >= 15 is 0 Å². The molecule has 0 saturated carbocycles. The molecule has 2 aromatic carbocycles. The number of benzene rings is 2. The number of aromatic amines is 2. The number of aliphatic imine (C=N–C) groups is 2. The van der Waals surface area contributed by atoms with Gasteiger partial charge in [-0.2, -0.15) is 0 Å². The minimum absolute atomic E-state index is 0.473. The topological polar surface area (TPSA) is 74.8 Å². The molecule has 0 fully saturated rings. The Kier molecular flexibility index (Phi) is 6.73. The summed E-state index contributed by atoms with van der Waals surface area (Å²) in [4.78, 5) is 17.6. The van der Waals surface area contributed by atoms with E-state index in [9.17, 15) is 0 Å². The van der Waals surface area contributed by atoms with E-state index in [0.717, 1.165) is 74.1 Å². The SMILES string of the molecule is CCC(CC)C(CC1=NCCc2c1[nH]c1cc(OC)ccc21)CC1=NCCc2c1[nH]c1cc(OC)ccc21. The second-order valence-electron chi connectivity index (χ2n) is 10.7. The summed E-state index contributed by atoms with van der Waals surface area (Å²) in [5.74, 6) is 2.85. The summed E-state index contributed by atoms with van der Waals surface area (Å²) in [7, 11) is 3.44. The number of aromatic nitrogens is 2. The Morgan fingerprint density at radius 1 is 0.711 bits per heavy atom. The average molecular weight is 511 g/mol. The van der Waals surface area contributed by atoms with Gasteiger partial charge in [0, 0.05) is 47.0 Å². The van der Waals surface area contributed by atoms with Crippen molar-refractivity contribution in [3.05, 3.63) is 58.9 Å². The van der Waals surface area contributed by atoms with Crippen molar-refractivity contribution < 1.29 is 9.47 Å². The maximum Gasteiger partial charge on any atom is 0.120 e. The summed E-state index contributed by atoms with van der Waals surface area (Å²) in [5, 5.41) is 2.59. The van der Waals surface area contributed by atoms with Crippen molar-refractivity contribution in [2.75, 3.05) is 27.3 Å². The highest BCUT2D eigenvalue weighted by atomic mass is 16.5. The highest BCUT2D eigenvalue weighted by Gasteiger charge is 2.29. The largest absolute Gasteiger partial charge is 0.497 e. The molecule has 0 aliphatic carbocycles. The lowest BCUT2D eigenvalue weighted by Crippen LogP contribution is -2.25. The van der Waals surface area contributed by atoms with Crippen LogP contribution in [0.2, 0.25) is 0 Å². The van der Waals surface area contributed by atoms with E-state index in [2.05, 4.69) is 60.2 Å². The van der Waals surface area contributed by atoms with Gasteiger partial charge in [-0.25, -0.2) is 0 Å². The zero-order chi connectivity index (χ0) is 26.2. The number of hydrogen-bond acceptors (Lipinski definition) is 4. The van der Waals surface area contributed by atoms with Gasteiger partial charge in [0.1, 0.15) is 11.5 Å². The molecule has 0 unspecified atom stereocenters. The van der Waals surface area contributed by atoms with Crippen molar-refractivity contribution in [1.82, 2.24) is 9.97 Å². The highest BCUT2D eigenvalue weighted by molar-refractivity contribution is 6.08. The molecule has 6 nitrogen and oxygen atoms in total. The molecule has 4 heterocycles. The molecule has 4 aromatic rings. The molecule has 2 aliphatic rings. The van der Waals surface area contributed by atoms with Gasteiger partial charge in [-0.15, -0.1) is 0 Å². The summed E-state index contributed by atoms with van der Waals surface area (Å²) in [6.45, 7) is 6.36. The van der Waals surface area contributed by atoms with Crippen molar-refractivity contribution >= 4 is 33.2 Å². The smallest absolute Gasteiger partial charge is 0.120 e. The fourth-order valence-electron chi connectivity index (χ4n) is 6.69. The van der Waals surface area contributed by atoms with Crippen LogP contribution in [0.4, 0.5) is 0 Å². The molecule has 38 heavy (non-hydrogen) atoms. The van der Waals surface area contributed by atoms with Crippen LogP contribution in [-0.4, -0.2) is 48.7 Å². The number of ether oxygens (including phenoxy) is 2. The number of hydrogen-bond donors (Lipinski definition) is 2. The first-order valence-corrected chi connectivity index (χ1v) is 14.1. The van der Waals surface area contributed by atoms with Gasteiger partial charge in [0.05, 0.1) is 37.0 Å². The maximum atomic E-state index is 5.48.